The normalized spacial score (nSPS) is 18.6. The first-order valence-corrected chi connectivity index (χ1v) is 8.14. The first-order valence-electron chi connectivity index (χ1n) is 6.97. The van der Waals surface area contributed by atoms with Crippen LogP contribution in [0.3, 0.4) is 0 Å². The first kappa shape index (κ1) is 16.2. The molecule has 0 radical (unpaired) electrons. The number of ether oxygens (including phenoxy) is 1. The second kappa shape index (κ2) is 6.73. The lowest BCUT2D eigenvalue weighted by molar-refractivity contribution is -0.100. The molecule has 1 unspecified atom stereocenters. The van der Waals surface area contributed by atoms with Crippen LogP contribution in [0.25, 0.3) is 0 Å². The van der Waals surface area contributed by atoms with Gasteiger partial charge in [-0.05, 0) is 54.2 Å². The Morgan fingerprint density at radius 2 is 2.20 bits per heavy atom. The fourth-order valence-corrected chi connectivity index (χ4v) is 3.25. The lowest BCUT2D eigenvalue weighted by atomic mass is 9.72. The van der Waals surface area contributed by atoms with Crippen molar-refractivity contribution in [3.8, 4) is 0 Å². The van der Waals surface area contributed by atoms with Gasteiger partial charge in [-0.25, -0.2) is 4.39 Å². The maximum absolute atomic E-state index is 14.5. The summed E-state index contributed by atoms with van der Waals surface area (Å²) in [7, 11) is 1.71. The molecule has 0 aromatic heterocycles. The van der Waals surface area contributed by atoms with Crippen LogP contribution in [0.1, 0.15) is 44.2 Å². The zero-order valence-corrected chi connectivity index (χ0v) is 14.2. The van der Waals surface area contributed by atoms with Crippen LogP contribution in [0, 0.1) is 5.82 Å². The highest BCUT2D eigenvalue weighted by Gasteiger charge is 2.46. The van der Waals surface area contributed by atoms with Gasteiger partial charge < -0.3 is 10.1 Å². The van der Waals surface area contributed by atoms with Crippen molar-refractivity contribution in [2.45, 2.75) is 44.2 Å². The summed E-state index contributed by atoms with van der Waals surface area (Å²) in [5.41, 5.74) is 0.279. The molecular weight excluding hydrogens is 345 g/mol. The van der Waals surface area contributed by atoms with Crippen molar-refractivity contribution in [2.75, 3.05) is 13.7 Å². The maximum atomic E-state index is 14.5. The van der Waals surface area contributed by atoms with Gasteiger partial charge in [0.05, 0.1) is 16.7 Å². The van der Waals surface area contributed by atoms with Gasteiger partial charge in [-0.1, -0.05) is 24.6 Å². The van der Waals surface area contributed by atoms with Gasteiger partial charge in [0.2, 0.25) is 0 Å². The van der Waals surface area contributed by atoms with Gasteiger partial charge >= 0.3 is 0 Å². The smallest absolute Gasteiger partial charge is 0.147 e. The Bertz CT molecular complexity index is 474. The second-order valence-corrected chi connectivity index (χ2v) is 6.51. The number of hydrogen-bond donors (Lipinski definition) is 1. The summed E-state index contributed by atoms with van der Waals surface area (Å²) in [6.45, 7) is 2.91. The minimum atomic E-state index is -0.363. The Hall–Kier alpha value is -0.160. The number of hydrogen-bond acceptors (Lipinski definition) is 2. The molecule has 0 amide bonds. The molecule has 1 atom stereocenters. The van der Waals surface area contributed by atoms with Gasteiger partial charge in [-0.15, -0.1) is 0 Å². The number of benzene rings is 1. The van der Waals surface area contributed by atoms with Crippen molar-refractivity contribution < 1.29 is 9.13 Å². The fraction of sp³-hybridized carbons (Fsp3) is 0.600. The molecule has 1 N–H and O–H groups in total. The van der Waals surface area contributed by atoms with Gasteiger partial charge in [0.25, 0.3) is 0 Å². The minimum Gasteiger partial charge on any atom is -0.376 e. The zero-order chi connectivity index (χ0) is 14.8. The van der Waals surface area contributed by atoms with Gasteiger partial charge in [-0.3, -0.25) is 0 Å². The van der Waals surface area contributed by atoms with E-state index in [1.54, 1.807) is 19.2 Å². The molecule has 0 heterocycles. The zero-order valence-electron chi connectivity index (χ0n) is 11.8. The molecule has 0 bridgehead atoms. The molecule has 0 aliphatic heterocycles. The van der Waals surface area contributed by atoms with Crippen molar-refractivity contribution in [3.63, 3.8) is 0 Å². The van der Waals surface area contributed by atoms with Crippen molar-refractivity contribution in [1.29, 1.82) is 0 Å². The number of nitrogens with one attached hydrogen (secondary N) is 1. The van der Waals surface area contributed by atoms with Crippen LogP contribution in [0.15, 0.2) is 16.6 Å². The van der Waals surface area contributed by atoms with Crippen molar-refractivity contribution in [1.82, 2.24) is 5.32 Å². The van der Waals surface area contributed by atoms with E-state index in [4.69, 9.17) is 16.3 Å². The summed E-state index contributed by atoms with van der Waals surface area (Å²) >= 11 is 9.28. The molecule has 2 nitrogen and oxygen atoms in total. The number of halogens is 3. The van der Waals surface area contributed by atoms with Gasteiger partial charge in [0, 0.05) is 17.1 Å². The molecule has 1 fully saturated rings. The summed E-state index contributed by atoms with van der Waals surface area (Å²) in [5, 5.41) is 3.56. The lowest BCUT2D eigenvalue weighted by Gasteiger charge is -2.47. The standard InChI is InChI=1S/C15H20BrClFNO/c1-3-9-19-14(15(20-2)7-4-8-15)10-5-6-11(16)12(17)13(10)18/h5-6,14,19H,3-4,7-9H2,1-2H3. The van der Waals surface area contributed by atoms with E-state index < -0.39 is 0 Å². The first-order chi connectivity index (χ1) is 9.55. The third-order valence-corrected chi connectivity index (χ3v) is 5.37. The molecule has 1 aromatic carbocycles. The molecule has 1 aromatic rings. The van der Waals surface area contributed by atoms with Gasteiger partial charge in [0.1, 0.15) is 5.82 Å². The topological polar surface area (TPSA) is 21.3 Å². The van der Waals surface area contributed by atoms with Crippen LogP contribution < -0.4 is 5.32 Å². The molecule has 5 heteroatoms. The number of methoxy groups -OCH3 is 1. The van der Waals surface area contributed by atoms with E-state index in [0.717, 1.165) is 32.2 Å². The Kier molecular flexibility index (Phi) is 5.46. The summed E-state index contributed by atoms with van der Waals surface area (Å²) < 4.78 is 20.8. The van der Waals surface area contributed by atoms with Crippen molar-refractivity contribution >= 4 is 27.5 Å². The van der Waals surface area contributed by atoms with Crippen molar-refractivity contribution in [2.24, 2.45) is 0 Å². The van der Waals surface area contributed by atoms with E-state index in [1.165, 1.54) is 0 Å². The summed E-state index contributed by atoms with van der Waals surface area (Å²) in [4.78, 5) is 0. The molecule has 1 aliphatic carbocycles. The molecule has 1 saturated carbocycles. The molecule has 1 aliphatic rings. The van der Waals surface area contributed by atoms with E-state index in [1.807, 2.05) is 0 Å². The number of rotatable bonds is 6. The molecule has 2 rings (SSSR count). The van der Waals surface area contributed by atoms with Crippen molar-refractivity contribution in [3.05, 3.63) is 33.0 Å². The lowest BCUT2D eigenvalue weighted by Crippen LogP contribution is -2.51. The highest BCUT2D eigenvalue weighted by Crippen LogP contribution is 2.46. The van der Waals surface area contributed by atoms with Gasteiger partial charge in [-0.2, -0.15) is 0 Å². The Morgan fingerprint density at radius 1 is 1.50 bits per heavy atom. The van der Waals surface area contributed by atoms with Crippen LogP contribution in [0.4, 0.5) is 4.39 Å². The van der Waals surface area contributed by atoms with Crippen LogP contribution in [0.2, 0.25) is 5.02 Å². The van der Waals surface area contributed by atoms with E-state index in [0.29, 0.717) is 10.0 Å². The fourth-order valence-electron chi connectivity index (χ4n) is 2.77. The Balaban J connectivity index is 2.38. The van der Waals surface area contributed by atoms with Crippen LogP contribution in [-0.4, -0.2) is 19.3 Å². The third-order valence-electron chi connectivity index (χ3n) is 4.11. The van der Waals surface area contributed by atoms with E-state index in [-0.39, 0.29) is 22.5 Å². The average molecular weight is 365 g/mol. The van der Waals surface area contributed by atoms with Crippen LogP contribution in [-0.2, 0) is 4.74 Å². The average Bonchev–Trinajstić information content (AvgIpc) is 2.40. The van der Waals surface area contributed by atoms with Gasteiger partial charge in [0.15, 0.2) is 0 Å². The molecule has 0 spiro atoms. The third kappa shape index (κ3) is 2.89. The monoisotopic (exact) mass is 363 g/mol. The minimum absolute atomic E-state index is 0.136. The predicted molar refractivity (Wildman–Crippen MR) is 83.7 cm³/mol. The Labute approximate surface area is 133 Å². The quantitative estimate of drug-likeness (QED) is 0.728. The Morgan fingerprint density at radius 3 is 2.70 bits per heavy atom. The maximum Gasteiger partial charge on any atom is 0.147 e. The SMILES string of the molecule is CCCNC(c1ccc(Br)c(Cl)c1F)C1(OC)CCC1. The van der Waals surface area contributed by atoms with Crippen LogP contribution >= 0.6 is 27.5 Å². The highest BCUT2D eigenvalue weighted by molar-refractivity contribution is 9.10. The summed E-state index contributed by atoms with van der Waals surface area (Å²) in [5.74, 6) is -0.363. The molecule has 20 heavy (non-hydrogen) atoms. The molecule has 112 valence electrons. The van der Waals surface area contributed by atoms with E-state index in [2.05, 4.69) is 28.2 Å². The molecular formula is C15H20BrClFNO. The molecule has 0 saturated heterocycles. The summed E-state index contributed by atoms with van der Waals surface area (Å²) in [6, 6.07) is 3.42. The van der Waals surface area contributed by atoms with E-state index in [9.17, 15) is 4.39 Å². The predicted octanol–water partition coefficient (Wildman–Crippen LogP) is 4.85. The summed E-state index contributed by atoms with van der Waals surface area (Å²) in [6.07, 6.45) is 3.99. The largest absolute Gasteiger partial charge is 0.376 e. The highest BCUT2D eigenvalue weighted by atomic mass is 79.9. The second-order valence-electron chi connectivity index (χ2n) is 5.27. The van der Waals surface area contributed by atoms with Crippen LogP contribution in [0.5, 0.6) is 0 Å². The van der Waals surface area contributed by atoms with E-state index >= 15 is 0 Å².